The zero-order chi connectivity index (χ0) is 20.1. The Labute approximate surface area is 168 Å². The topological polar surface area (TPSA) is 86.7 Å². The molecule has 0 aromatic rings. The highest BCUT2D eigenvalue weighted by Gasteiger charge is 2.57. The first kappa shape index (κ1) is 18.3. The molecule has 29 heavy (non-hydrogen) atoms. The highest BCUT2D eigenvalue weighted by Crippen LogP contribution is 2.53. The van der Waals surface area contributed by atoms with Crippen molar-refractivity contribution in [1.82, 2.24) is 0 Å². The second-order valence-corrected chi connectivity index (χ2v) is 8.67. The Morgan fingerprint density at radius 2 is 1.21 bits per heavy atom. The monoisotopic (exact) mass is 394 g/mol. The van der Waals surface area contributed by atoms with Gasteiger partial charge in [0.1, 0.15) is 0 Å². The van der Waals surface area contributed by atoms with Gasteiger partial charge in [0.15, 0.2) is 0 Å². The molecule has 7 aliphatic rings. The quantitative estimate of drug-likeness (QED) is 0.356. The van der Waals surface area contributed by atoms with Gasteiger partial charge in [0.2, 0.25) is 0 Å². The summed E-state index contributed by atoms with van der Waals surface area (Å²) >= 11 is 0. The third-order valence-electron chi connectivity index (χ3n) is 7.22. The minimum Gasteiger partial charge on any atom is -0.393 e. The molecule has 150 valence electrons. The molecular weight excluding hydrogens is 372 g/mol. The van der Waals surface area contributed by atoms with Crippen LogP contribution in [0, 0.1) is 47.3 Å². The largest absolute Gasteiger partial charge is 0.393 e. The molecule has 6 nitrogen and oxygen atoms in total. The fourth-order valence-corrected chi connectivity index (χ4v) is 5.98. The van der Waals surface area contributed by atoms with Crippen molar-refractivity contribution in [3.05, 3.63) is 48.6 Å². The summed E-state index contributed by atoms with van der Waals surface area (Å²) in [6.45, 7) is 0. The maximum atomic E-state index is 11.2. The third kappa shape index (κ3) is 3.11. The van der Waals surface area contributed by atoms with Crippen LogP contribution in [0.15, 0.2) is 48.6 Å². The van der Waals surface area contributed by atoms with Gasteiger partial charge in [-0.1, -0.05) is 36.5 Å². The molecule has 5 aliphatic carbocycles. The molecule has 0 radical (unpaired) electrons. The van der Waals surface area contributed by atoms with Crippen LogP contribution in [0.3, 0.4) is 0 Å². The molecule has 8 atom stereocenters. The molecule has 4 bridgehead atoms. The Hall–Kier alpha value is -2.76. The first-order valence-corrected chi connectivity index (χ1v) is 10.2. The summed E-state index contributed by atoms with van der Waals surface area (Å²) < 4.78 is 8.56. The van der Waals surface area contributed by atoms with E-state index in [0.717, 1.165) is 42.2 Å². The van der Waals surface area contributed by atoms with E-state index in [9.17, 15) is 19.2 Å². The molecule has 0 aromatic heterocycles. The van der Waals surface area contributed by atoms with E-state index in [-0.39, 0.29) is 35.6 Å². The number of esters is 4. The van der Waals surface area contributed by atoms with Gasteiger partial charge in [0.05, 0.1) is 11.8 Å². The van der Waals surface area contributed by atoms with E-state index in [1.165, 1.54) is 12.8 Å². The minimum absolute atomic E-state index is 0.146. The van der Waals surface area contributed by atoms with E-state index in [0.29, 0.717) is 0 Å². The van der Waals surface area contributed by atoms with E-state index in [2.05, 4.69) is 33.8 Å². The molecule has 0 aromatic carbocycles. The maximum absolute atomic E-state index is 11.2. The normalized spacial score (nSPS) is 43.0. The summed E-state index contributed by atoms with van der Waals surface area (Å²) in [6, 6.07) is 0. The maximum Gasteiger partial charge on any atom is 0.338 e. The van der Waals surface area contributed by atoms with Crippen LogP contribution in [0.1, 0.15) is 19.3 Å². The number of rotatable bonds is 0. The van der Waals surface area contributed by atoms with E-state index in [4.69, 9.17) is 0 Å². The number of cyclic esters (lactones) is 4. The molecule has 3 fully saturated rings. The van der Waals surface area contributed by atoms with E-state index in [1.54, 1.807) is 0 Å². The molecule has 0 spiro atoms. The minimum atomic E-state index is -0.579. The van der Waals surface area contributed by atoms with E-state index in [1.807, 2.05) is 12.2 Å². The Morgan fingerprint density at radius 1 is 0.655 bits per heavy atom. The molecule has 6 heteroatoms. The van der Waals surface area contributed by atoms with Crippen LogP contribution in [0.4, 0.5) is 0 Å². The van der Waals surface area contributed by atoms with Gasteiger partial charge in [-0.05, 0) is 54.8 Å². The van der Waals surface area contributed by atoms with Crippen molar-refractivity contribution >= 4 is 23.9 Å². The molecule has 1 saturated heterocycles. The summed E-state index contributed by atoms with van der Waals surface area (Å²) in [4.78, 5) is 42.2. The second kappa shape index (κ2) is 6.94. The average molecular weight is 394 g/mol. The van der Waals surface area contributed by atoms with Crippen LogP contribution in [-0.2, 0) is 28.7 Å². The molecular formula is C23H22O6. The van der Waals surface area contributed by atoms with Crippen molar-refractivity contribution in [2.45, 2.75) is 19.3 Å². The Morgan fingerprint density at radius 3 is 1.76 bits per heavy atom. The molecule has 2 heterocycles. The summed E-state index contributed by atoms with van der Waals surface area (Å²) in [7, 11) is 0. The highest BCUT2D eigenvalue weighted by atomic mass is 16.6. The Balaban J connectivity index is 0.0000000975. The van der Waals surface area contributed by atoms with Crippen LogP contribution < -0.4 is 0 Å². The average Bonchev–Trinajstić information content (AvgIpc) is 3.51. The van der Waals surface area contributed by atoms with Crippen LogP contribution in [0.5, 0.6) is 0 Å². The zero-order valence-corrected chi connectivity index (χ0v) is 15.8. The van der Waals surface area contributed by atoms with Crippen molar-refractivity contribution in [2.75, 3.05) is 0 Å². The first-order valence-electron chi connectivity index (χ1n) is 10.2. The molecule has 7 rings (SSSR count). The molecule has 0 amide bonds. The SMILES string of the molecule is C1=CC2C3C=CC(C3)C2C1.O=C1C=CC(=O)O1.O=C1OC(=O)[C@H]2[C@@H]1[C@@H]1C=C[C@H]2C1. The number of allylic oxidation sites excluding steroid dienone is 6. The van der Waals surface area contributed by atoms with Gasteiger partial charge >= 0.3 is 23.9 Å². The third-order valence-corrected chi connectivity index (χ3v) is 7.22. The molecule has 2 saturated carbocycles. The lowest BCUT2D eigenvalue weighted by Crippen LogP contribution is -2.21. The van der Waals surface area contributed by atoms with Crippen molar-refractivity contribution in [1.29, 1.82) is 0 Å². The number of fused-ring (bicyclic) bond motifs is 10. The number of carbonyl (C=O) groups is 4. The second-order valence-electron chi connectivity index (χ2n) is 8.67. The molecule has 2 aliphatic heterocycles. The Bertz CT molecular complexity index is 849. The predicted molar refractivity (Wildman–Crippen MR) is 101 cm³/mol. The lowest BCUT2D eigenvalue weighted by atomic mass is 9.85. The smallest absolute Gasteiger partial charge is 0.338 e. The fourth-order valence-electron chi connectivity index (χ4n) is 5.98. The van der Waals surface area contributed by atoms with Gasteiger partial charge < -0.3 is 9.47 Å². The van der Waals surface area contributed by atoms with E-state index < -0.39 is 11.9 Å². The number of ether oxygens (including phenoxy) is 2. The zero-order valence-electron chi connectivity index (χ0n) is 15.8. The van der Waals surface area contributed by atoms with Gasteiger partial charge in [-0.25, -0.2) is 9.59 Å². The standard InChI is InChI=1S/C10H12.C9H8O3.C4H2O3/c1-2-9-7-4-5-8(6-7)10(9)3-1;10-8-6-4-1-2-5(3-4)7(6)9(11)12-8;5-3-1-2-4(6)7-3/h1-2,4-5,7-10H,3,6H2;1-2,4-7H,3H2;1-2H/t;4-,5+,6+,7-;. The van der Waals surface area contributed by atoms with Gasteiger partial charge in [-0.15, -0.1) is 0 Å². The highest BCUT2D eigenvalue weighted by molar-refractivity contribution is 6.04. The number of hydrogen-bond acceptors (Lipinski definition) is 6. The van der Waals surface area contributed by atoms with Crippen molar-refractivity contribution in [2.24, 2.45) is 47.3 Å². The summed E-state index contributed by atoms with van der Waals surface area (Å²) in [5.74, 6) is 2.32. The Kier molecular flexibility index (Phi) is 4.37. The van der Waals surface area contributed by atoms with Gasteiger partial charge in [-0.2, -0.15) is 0 Å². The molecule has 4 unspecified atom stereocenters. The van der Waals surface area contributed by atoms with Crippen molar-refractivity contribution < 1.29 is 28.7 Å². The van der Waals surface area contributed by atoms with Crippen molar-refractivity contribution in [3.63, 3.8) is 0 Å². The number of carbonyl (C=O) groups excluding carboxylic acids is 4. The molecule has 0 N–H and O–H groups in total. The lowest BCUT2D eigenvalue weighted by Gasteiger charge is -2.18. The first-order chi connectivity index (χ1) is 14.0. The van der Waals surface area contributed by atoms with Crippen molar-refractivity contribution in [3.8, 4) is 0 Å². The summed E-state index contributed by atoms with van der Waals surface area (Å²) in [5.41, 5.74) is 0. The van der Waals surface area contributed by atoms with Gasteiger partial charge in [-0.3, -0.25) is 9.59 Å². The number of hydrogen-bond donors (Lipinski definition) is 0. The van der Waals surface area contributed by atoms with Crippen LogP contribution >= 0.6 is 0 Å². The van der Waals surface area contributed by atoms with Gasteiger partial charge in [0.25, 0.3) is 0 Å². The van der Waals surface area contributed by atoms with Crippen LogP contribution in [-0.4, -0.2) is 23.9 Å². The summed E-state index contributed by atoms with van der Waals surface area (Å²) in [6.07, 6.45) is 19.7. The lowest BCUT2D eigenvalue weighted by molar-refractivity contribution is -0.155. The summed E-state index contributed by atoms with van der Waals surface area (Å²) in [5, 5.41) is 0. The van der Waals surface area contributed by atoms with Crippen LogP contribution in [0.25, 0.3) is 0 Å². The fraction of sp³-hybridized carbons (Fsp3) is 0.478. The predicted octanol–water partition coefficient (Wildman–Crippen LogP) is 2.52. The van der Waals surface area contributed by atoms with Crippen LogP contribution in [0.2, 0.25) is 0 Å². The van der Waals surface area contributed by atoms with E-state index >= 15 is 0 Å². The van der Waals surface area contributed by atoms with Gasteiger partial charge in [0, 0.05) is 12.2 Å².